The molecular weight excluding hydrogens is 295 g/mol. The summed E-state index contributed by atoms with van der Waals surface area (Å²) in [5.41, 5.74) is 0. The first kappa shape index (κ1) is 23.9. The Hall–Kier alpha value is -0.400. The minimum atomic E-state index is -0.921. The second-order valence-electron chi connectivity index (χ2n) is 4.87. The molecule has 0 bridgehead atoms. The van der Waals surface area contributed by atoms with Crippen LogP contribution in [0.4, 0.5) is 0 Å². The molecular formula is C15H27N2NaO4. The van der Waals surface area contributed by atoms with Crippen molar-refractivity contribution in [2.75, 3.05) is 32.8 Å². The minimum Gasteiger partial charge on any atom is -0.859 e. The van der Waals surface area contributed by atoms with E-state index in [0.717, 1.165) is 25.7 Å². The first-order valence-electron chi connectivity index (χ1n) is 7.53. The van der Waals surface area contributed by atoms with Gasteiger partial charge in [0.15, 0.2) is 0 Å². The van der Waals surface area contributed by atoms with Crippen LogP contribution in [0.25, 0.3) is 0 Å². The zero-order chi connectivity index (χ0) is 15.9. The summed E-state index contributed by atoms with van der Waals surface area (Å²) in [6, 6.07) is 0. The van der Waals surface area contributed by atoms with Crippen molar-refractivity contribution in [1.29, 1.82) is 0 Å². The molecule has 0 amide bonds. The number of aliphatic hydroxyl groups excluding tert-OH is 1. The number of rotatable bonds is 13. The molecule has 2 N–H and O–H groups in total. The summed E-state index contributed by atoms with van der Waals surface area (Å²) in [6.07, 6.45) is 8.10. The average Bonchev–Trinajstić information content (AvgIpc) is 2.43. The average molecular weight is 322 g/mol. The van der Waals surface area contributed by atoms with Crippen LogP contribution in [0.1, 0.15) is 39.0 Å². The molecule has 0 aliphatic carbocycles. The van der Waals surface area contributed by atoms with Crippen LogP contribution >= 0.6 is 0 Å². The van der Waals surface area contributed by atoms with Crippen LogP contribution < -0.4 is 34.7 Å². The number of aliphatic hydroxyl groups is 1. The largest absolute Gasteiger partial charge is 1.00 e. The van der Waals surface area contributed by atoms with Crippen LogP contribution in [-0.4, -0.2) is 59.8 Å². The summed E-state index contributed by atoms with van der Waals surface area (Å²) in [4.78, 5) is 16.2. The number of nitrogens with zero attached hydrogens (tertiary/aromatic N) is 2. The van der Waals surface area contributed by atoms with Crippen molar-refractivity contribution in [2.24, 2.45) is 4.99 Å². The van der Waals surface area contributed by atoms with Crippen LogP contribution in [0, 0.1) is 0 Å². The molecule has 0 fully saturated rings. The summed E-state index contributed by atoms with van der Waals surface area (Å²) in [7, 11) is 0. The Kier molecular flexibility index (Phi) is 18.4. The summed E-state index contributed by atoms with van der Waals surface area (Å²) in [6.45, 7) is 3.21. The van der Waals surface area contributed by atoms with E-state index in [1.165, 1.54) is 6.08 Å². The molecule has 0 aliphatic rings. The van der Waals surface area contributed by atoms with E-state index in [2.05, 4.69) is 11.9 Å². The molecule has 0 aromatic heterocycles. The Balaban J connectivity index is 0. The number of carboxylic acid groups (broad SMARTS) is 1. The number of carboxylic acids is 1. The normalized spacial score (nSPS) is 11.9. The van der Waals surface area contributed by atoms with Crippen molar-refractivity contribution in [3.8, 4) is 0 Å². The van der Waals surface area contributed by atoms with Crippen LogP contribution in [0.5, 0.6) is 0 Å². The van der Waals surface area contributed by atoms with Crippen molar-refractivity contribution < 1.29 is 49.7 Å². The maximum atomic E-state index is 11.5. The zero-order valence-corrected chi connectivity index (χ0v) is 15.8. The van der Waals surface area contributed by atoms with Crippen molar-refractivity contribution in [2.45, 2.75) is 39.0 Å². The molecule has 22 heavy (non-hydrogen) atoms. The van der Waals surface area contributed by atoms with Gasteiger partial charge >= 0.3 is 35.5 Å². The second kappa shape index (κ2) is 17.0. The fourth-order valence-corrected chi connectivity index (χ4v) is 1.81. The van der Waals surface area contributed by atoms with Crippen molar-refractivity contribution >= 4 is 11.9 Å². The fourth-order valence-electron chi connectivity index (χ4n) is 1.81. The van der Waals surface area contributed by atoms with E-state index in [1.807, 2.05) is 6.08 Å². The van der Waals surface area contributed by atoms with Gasteiger partial charge in [0.05, 0.1) is 13.1 Å². The topological polar surface area (TPSA) is 96.2 Å². The zero-order valence-electron chi connectivity index (χ0n) is 13.8. The summed E-state index contributed by atoms with van der Waals surface area (Å²) < 4.78 is 0. The molecule has 122 valence electrons. The Morgan fingerprint density at radius 3 is 2.59 bits per heavy atom. The van der Waals surface area contributed by atoms with Gasteiger partial charge in [0.2, 0.25) is 0 Å². The first-order valence-corrected chi connectivity index (χ1v) is 7.53. The molecule has 6 nitrogen and oxygen atoms in total. The number of unbranched alkanes of at least 4 members (excludes halogenated alkanes) is 3. The van der Waals surface area contributed by atoms with Gasteiger partial charge in [-0.25, -0.2) is 0 Å². The molecule has 0 aliphatic heterocycles. The number of hydrogen-bond acceptors (Lipinski definition) is 5. The number of allylic oxidation sites excluding steroid dienone is 1. The molecule has 7 heteroatoms. The first-order chi connectivity index (χ1) is 10.1. The molecule has 0 aromatic rings. The SMILES string of the molecule is CCCCC/C=C/C([O-])=NCCN(CCCO)CC(=O)O.[Na+]. The van der Waals surface area contributed by atoms with E-state index in [0.29, 0.717) is 19.5 Å². The Morgan fingerprint density at radius 1 is 1.27 bits per heavy atom. The van der Waals surface area contributed by atoms with Gasteiger partial charge in [-0.2, -0.15) is 0 Å². The van der Waals surface area contributed by atoms with Crippen molar-refractivity contribution in [3.05, 3.63) is 12.2 Å². The van der Waals surface area contributed by atoms with E-state index in [1.54, 1.807) is 4.90 Å². The van der Waals surface area contributed by atoms with E-state index in [-0.39, 0.29) is 55.2 Å². The predicted octanol–water partition coefficient (Wildman–Crippen LogP) is -2.35. The number of carbonyl (C=O) groups is 1. The molecule has 0 aromatic carbocycles. The Morgan fingerprint density at radius 2 is 2.00 bits per heavy atom. The maximum Gasteiger partial charge on any atom is 1.00 e. The summed E-state index contributed by atoms with van der Waals surface area (Å²) >= 11 is 0. The van der Waals surface area contributed by atoms with Crippen molar-refractivity contribution in [3.63, 3.8) is 0 Å². The number of hydrogen-bond donors (Lipinski definition) is 2. The van der Waals surface area contributed by atoms with Gasteiger partial charge in [0.25, 0.3) is 0 Å². The van der Waals surface area contributed by atoms with Crippen LogP contribution in [0.2, 0.25) is 0 Å². The van der Waals surface area contributed by atoms with E-state index < -0.39 is 5.97 Å². The second-order valence-corrected chi connectivity index (χ2v) is 4.87. The van der Waals surface area contributed by atoms with E-state index >= 15 is 0 Å². The number of aliphatic imine (C=N–C) groups is 1. The Bertz CT molecular complexity index is 336. The third kappa shape index (κ3) is 16.0. The van der Waals surface area contributed by atoms with Gasteiger partial charge in [-0.1, -0.05) is 31.9 Å². The standard InChI is InChI=1S/C15H28N2O4.Na/c1-2-3-4-5-6-8-14(19)16-9-11-17(10-7-12-18)13-15(20)21;/h6,8,18H,2-5,7,9-13H2,1H3,(H,16,19)(H,20,21);/q;+1/p-1/b8-6+;. The molecule has 0 saturated carbocycles. The molecule has 0 heterocycles. The Labute approximate surface area is 155 Å². The van der Waals surface area contributed by atoms with E-state index in [9.17, 15) is 9.90 Å². The van der Waals surface area contributed by atoms with Gasteiger partial charge in [-0.05, 0) is 25.2 Å². The third-order valence-corrected chi connectivity index (χ3v) is 2.91. The molecule has 0 spiro atoms. The monoisotopic (exact) mass is 322 g/mol. The minimum absolute atomic E-state index is 0. The molecule has 0 rings (SSSR count). The van der Waals surface area contributed by atoms with Gasteiger partial charge in [-0.3, -0.25) is 14.7 Å². The third-order valence-electron chi connectivity index (χ3n) is 2.91. The molecule has 0 radical (unpaired) electrons. The smallest absolute Gasteiger partial charge is 0.859 e. The van der Waals surface area contributed by atoms with Gasteiger partial charge in [-0.15, -0.1) is 0 Å². The van der Waals surface area contributed by atoms with Crippen LogP contribution in [-0.2, 0) is 4.79 Å². The molecule has 0 saturated heterocycles. The van der Waals surface area contributed by atoms with E-state index in [4.69, 9.17) is 10.2 Å². The van der Waals surface area contributed by atoms with Crippen LogP contribution in [0.3, 0.4) is 0 Å². The molecule has 0 unspecified atom stereocenters. The van der Waals surface area contributed by atoms with Gasteiger partial charge in [0, 0.05) is 19.7 Å². The van der Waals surface area contributed by atoms with Crippen LogP contribution in [0.15, 0.2) is 17.1 Å². The summed E-state index contributed by atoms with van der Waals surface area (Å²) in [5.74, 6) is -1.20. The predicted molar refractivity (Wildman–Crippen MR) is 81.4 cm³/mol. The van der Waals surface area contributed by atoms with Gasteiger partial charge in [0.1, 0.15) is 0 Å². The molecule has 0 atom stereocenters. The number of aliphatic carboxylic acids is 1. The fraction of sp³-hybridized carbons (Fsp3) is 0.733. The van der Waals surface area contributed by atoms with Crippen molar-refractivity contribution in [1.82, 2.24) is 4.90 Å². The quantitative estimate of drug-likeness (QED) is 0.171. The van der Waals surface area contributed by atoms with Gasteiger partial charge < -0.3 is 15.3 Å². The maximum absolute atomic E-state index is 11.5. The summed E-state index contributed by atoms with van der Waals surface area (Å²) in [5, 5.41) is 29.0.